The summed E-state index contributed by atoms with van der Waals surface area (Å²) in [4.78, 5) is 20.0. The summed E-state index contributed by atoms with van der Waals surface area (Å²) >= 11 is 5.45. The van der Waals surface area contributed by atoms with E-state index in [4.69, 9.17) is 32.1 Å². The highest BCUT2D eigenvalue weighted by molar-refractivity contribution is 7.80. The Labute approximate surface area is 199 Å². The summed E-state index contributed by atoms with van der Waals surface area (Å²) in [5.74, 6) is -0.856. The van der Waals surface area contributed by atoms with Crippen LogP contribution < -0.4 is 4.74 Å². The molecule has 0 fully saturated rings. The van der Waals surface area contributed by atoms with E-state index in [1.807, 2.05) is 0 Å². The number of hydrogen-bond acceptors (Lipinski definition) is 9. The maximum Gasteiger partial charge on any atom is 0.420 e. The molecular formula is C21H26F3N3O6S. The number of alkyl halides is 3. The van der Waals surface area contributed by atoms with Gasteiger partial charge in [0.1, 0.15) is 29.5 Å². The molecule has 0 saturated carbocycles. The molecule has 0 spiro atoms. The zero-order valence-electron chi connectivity index (χ0n) is 18.8. The molecule has 2 aromatic carbocycles. The molecule has 0 unspecified atom stereocenters. The first-order valence-corrected chi connectivity index (χ1v) is 10.4. The van der Waals surface area contributed by atoms with Crippen molar-refractivity contribution in [3.8, 4) is 5.75 Å². The smallest absolute Gasteiger partial charge is 0.420 e. The Hall–Kier alpha value is -2.55. The molecule has 34 heavy (non-hydrogen) atoms. The van der Waals surface area contributed by atoms with Gasteiger partial charge in [0.15, 0.2) is 0 Å². The fourth-order valence-corrected chi connectivity index (χ4v) is 3.45. The molecule has 0 aliphatic rings. The summed E-state index contributed by atoms with van der Waals surface area (Å²) < 4.78 is 51.2. The van der Waals surface area contributed by atoms with E-state index in [2.05, 4.69) is 4.84 Å². The minimum Gasteiger partial charge on any atom is -0.496 e. The van der Waals surface area contributed by atoms with Gasteiger partial charge in [0, 0.05) is 25.7 Å². The molecule has 0 aliphatic carbocycles. The molecule has 0 aliphatic heterocycles. The predicted molar refractivity (Wildman–Crippen MR) is 120 cm³/mol. The number of rotatable bonds is 11. The maximum absolute atomic E-state index is 13.7. The largest absolute Gasteiger partial charge is 0.496 e. The first-order chi connectivity index (χ1) is 16.0. The molecule has 0 atom stereocenters. The highest BCUT2D eigenvalue weighted by Gasteiger charge is 2.36. The third kappa shape index (κ3) is 7.48. The fraction of sp³-hybridized carbons (Fsp3) is 0.429. The van der Waals surface area contributed by atoms with E-state index in [1.54, 1.807) is 25.1 Å². The molecule has 0 bridgehead atoms. The number of fused-ring (bicyclic) bond motifs is 1. The van der Waals surface area contributed by atoms with Crippen LogP contribution in [-0.4, -0.2) is 90.6 Å². The van der Waals surface area contributed by atoms with Gasteiger partial charge in [-0.2, -0.15) is 13.2 Å². The second-order valence-corrected chi connectivity index (χ2v) is 7.70. The van der Waals surface area contributed by atoms with Gasteiger partial charge in [-0.1, -0.05) is 30.4 Å². The Kier molecular flexibility index (Phi) is 9.97. The van der Waals surface area contributed by atoms with E-state index < -0.39 is 17.7 Å². The number of esters is 1. The van der Waals surface area contributed by atoms with Crippen molar-refractivity contribution in [1.82, 2.24) is 15.2 Å². The Morgan fingerprint density at radius 2 is 1.74 bits per heavy atom. The van der Waals surface area contributed by atoms with Crippen molar-refractivity contribution in [3.63, 3.8) is 0 Å². The van der Waals surface area contributed by atoms with E-state index >= 15 is 0 Å². The lowest BCUT2D eigenvalue weighted by atomic mass is 9.98. The zero-order valence-corrected chi connectivity index (χ0v) is 19.6. The first kappa shape index (κ1) is 27.7. The van der Waals surface area contributed by atoms with Crippen LogP contribution >= 0.6 is 12.2 Å². The van der Waals surface area contributed by atoms with Crippen LogP contribution in [0.2, 0.25) is 0 Å². The normalized spacial score (nSPS) is 11.8. The number of likely N-dealkylation sites (N-methyl/N-ethyl adjacent to an activating group) is 2. The molecule has 2 rings (SSSR count). The average molecular weight is 506 g/mol. The second kappa shape index (κ2) is 12.2. The Bertz CT molecular complexity index is 1010. The average Bonchev–Trinajstić information content (AvgIpc) is 2.76. The van der Waals surface area contributed by atoms with Crippen LogP contribution in [0.25, 0.3) is 10.8 Å². The third-order valence-corrected chi connectivity index (χ3v) is 5.42. The topological polar surface area (TPSA) is 94.9 Å². The van der Waals surface area contributed by atoms with Gasteiger partial charge >= 0.3 is 12.1 Å². The summed E-state index contributed by atoms with van der Waals surface area (Å²) in [6.07, 6.45) is -4.63. The fourth-order valence-electron chi connectivity index (χ4n) is 3.21. The number of methoxy groups -OCH3 is 1. The van der Waals surface area contributed by atoms with Gasteiger partial charge in [0.2, 0.25) is 0 Å². The highest BCUT2D eigenvalue weighted by atomic mass is 32.1. The summed E-state index contributed by atoms with van der Waals surface area (Å²) in [5.41, 5.74) is -0.517. The van der Waals surface area contributed by atoms with Crippen molar-refractivity contribution < 1.29 is 42.7 Å². The second-order valence-electron chi connectivity index (χ2n) is 7.31. The lowest BCUT2D eigenvalue weighted by Gasteiger charge is -2.22. The molecule has 2 aromatic rings. The summed E-state index contributed by atoms with van der Waals surface area (Å²) in [5, 5.41) is 16.8. The van der Waals surface area contributed by atoms with E-state index in [0.29, 0.717) is 18.7 Å². The molecule has 13 heteroatoms. The number of benzene rings is 2. The molecule has 0 aromatic heterocycles. The van der Waals surface area contributed by atoms with Gasteiger partial charge in [-0.3, -0.25) is 15.2 Å². The van der Waals surface area contributed by atoms with Crippen molar-refractivity contribution in [2.24, 2.45) is 0 Å². The van der Waals surface area contributed by atoms with Crippen LogP contribution in [0, 0.1) is 0 Å². The van der Waals surface area contributed by atoms with Gasteiger partial charge in [-0.25, -0.2) is 4.84 Å². The van der Waals surface area contributed by atoms with E-state index in [-0.39, 0.29) is 46.7 Å². The minimum atomic E-state index is -4.63. The molecule has 0 saturated heterocycles. The van der Waals surface area contributed by atoms with Crippen LogP contribution in [-0.2, 0) is 20.5 Å². The van der Waals surface area contributed by atoms with Crippen molar-refractivity contribution in [2.45, 2.75) is 6.18 Å². The van der Waals surface area contributed by atoms with Crippen molar-refractivity contribution >= 4 is 33.9 Å². The Morgan fingerprint density at radius 1 is 1.06 bits per heavy atom. The maximum atomic E-state index is 13.7. The molecule has 188 valence electrons. The lowest BCUT2D eigenvalue weighted by molar-refractivity contribution is -0.492. The molecule has 0 amide bonds. The molecular weight excluding hydrogens is 479 g/mol. The summed E-state index contributed by atoms with van der Waals surface area (Å²) in [6.45, 7) is 0.604. The monoisotopic (exact) mass is 505 g/mol. The number of carbonyl (C=O) groups is 1. The van der Waals surface area contributed by atoms with E-state index in [1.165, 1.54) is 36.3 Å². The number of nitrogens with zero attached hydrogens (tertiary/aromatic N) is 3. The molecule has 0 heterocycles. The molecule has 9 nitrogen and oxygen atoms in total. The third-order valence-electron chi connectivity index (χ3n) is 4.89. The lowest BCUT2D eigenvalue weighted by Crippen LogP contribution is -2.34. The van der Waals surface area contributed by atoms with E-state index in [9.17, 15) is 18.0 Å². The number of ether oxygens (including phenoxy) is 2. The van der Waals surface area contributed by atoms with Gasteiger partial charge in [-0.15, -0.1) is 0 Å². The van der Waals surface area contributed by atoms with Crippen LogP contribution in [0.5, 0.6) is 5.75 Å². The molecule has 0 radical (unpaired) electrons. The molecule has 2 N–H and O–H groups in total. The van der Waals surface area contributed by atoms with Crippen LogP contribution in [0.3, 0.4) is 0 Å². The van der Waals surface area contributed by atoms with Crippen LogP contribution in [0.4, 0.5) is 13.2 Å². The van der Waals surface area contributed by atoms with Crippen molar-refractivity contribution in [2.75, 3.05) is 54.1 Å². The van der Waals surface area contributed by atoms with Crippen LogP contribution in [0.1, 0.15) is 11.1 Å². The summed E-state index contributed by atoms with van der Waals surface area (Å²) in [6, 6.07) is 7.16. The Balaban J connectivity index is 2.04. The van der Waals surface area contributed by atoms with Gasteiger partial charge in [0.05, 0.1) is 19.1 Å². The predicted octanol–water partition coefficient (Wildman–Crippen LogP) is 2.96. The summed E-state index contributed by atoms with van der Waals surface area (Å²) in [7, 11) is 4.45. The van der Waals surface area contributed by atoms with Gasteiger partial charge in [-0.05, 0) is 30.0 Å². The quantitative estimate of drug-likeness (QED) is 0.270. The highest BCUT2D eigenvalue weighted by Crippen LogP contribution is 2.42. The van der Waals surface area contributed by atoms with E-state index in [0.717, 1.165) is 0 Å². The van der Waals surface area contributed by atoms with Crippen LogP contribution in [0.15, 0.2) is 30.3 Å². The number of halogens is 3. The number of thiocarbonyl (C=S) groups is 1. The van der Waals surface area contributed by atoms with Crippen molar-refractivity contribution in [1.29, 1.82) is 0 Å². The minimum absolute atomic E-state index is 0.0153. The zero-order chi connectivity index (χ0) is 25.5. The SMILES string of the molecule is COc1ccc2c(C(=S)N(C)CC(=O)OCCN(C)CCON(O)O)cccc2c1C(F)(F)F. The standard InChI is InChI=1S/C21H26F3N3O6S/c1-25(10-12-33-27(29)30)9-11-32-18(28)13-26(2)20(34)16-6-4-5-15-14(16)7-8-17(31-3)19(15)21(22,23)24/h4-8,29-30H,9-13H2,1-3H3. The Morgan fingerprint density at radius 3 is 2.35 bits per heavy atom. The van der Waals surface area contributed by atoms with Crippen molar-refractivity contribution in [3.05, 3.63) is 41.5 Å². The van der Waals surface area contributed by atoms with Gasteiger partial charge < -0.3 is 19.3 Å². The van der Waals surface area contributed by atoms with Gasteiger partial charge in [0.25, 0.3) is 0 Å². The number of carbonyl (C=O) groups excluding carboxylic acids is 1. The number of hydrogen-bond donors (Lipinski definition) is 2. The first-order valence-electron chi connectivity index (χ1n) is 10.0.